The van der Waals surface area contributed by atoms with Gasteiger partial charge in [-0.05, 0) is 37.5 Å². The predicted molar refractivity (Wildman–Crippen MR) is 48.3 cm³/mol. The maximum Gasteiger partial charge on any atom is 0.0658 e. The quantitative estimate of drug-likeness (QED) is 0.613. The molecular formula is C11H14N2. The molecular weight excluding hydrogens is 160 g/mol. The smallest absolute Gasteiger partial charge is 0.0658 e. The first-order valence-corrected chi connectivity index (χ1v) is 5.14. The molecule has 2 unspecified atom stereocenters. The second kappa shape index (κ2) is 3.38. The van der Waals surface area contributed by atoms with Gasteiger partial charge in [0.1, 0.15) is 0 Å². The van der Waals surface area contributed by atoms with E-state index in [0.717, 1.165) is 19.3 Å². The van der Waals surface area contributed by atoms with Crippen LogP contribution in [0, 0.1) is 46.3 Å². The van der Waals surface area contributed by atoms with Crippen LogP contribution in [-0.2, 0) is 0 Å². The Hall–Kier alpha value is -1.02. The van der Waals surface area contributed by atoms with Gasteiger partial charge in [0.25, 0.3) is 0 Å². The summed E-state index contributed by atoms with van der Waals surface area (Å²) in [6.45, 7) is 0. The number of nitriles is 2. The van der Waals surface area contributed by atoms with E-state index in [4.69, 9.17) is 10.5 Å². The molecule has 0 spiro atoms. The molecule has 2 aliphatic carbocycles. The minimum atomic E-state index is 0.296. The fourth-order valence-corrected chi connectivity index (χ4v) is 2.83. The Bertz CT molecular complexity index is 265. The molecule has 0 aromatic rings. The fourth-order valence-electron chi connectivity index (χ4n) is 2.83. The number of rotatable bonds is 1. The van der Waals surface area contributed by atoms with Gasteiger partial charge in [0.05, 0.1) is 12.1 Å². The molecule has 0 aromatic heterocycles. The van der Waals surface area contributed by atoms with E-state index in [0.29, 0.717) is 23.7 Å². The summed E-state index contributed by atoms with van der Waals surface area (Å²) in [6.07, 6.45) is 5.64. The average Bonchev–Trinajstić information content (AvgIpc) is 2.50. The van der Waals surface area contributed by atoms with Crippen LogP contribution >= 0.6 is 0 Å². The lowest BCUT2D eigenvalue weighted by molar-refractivity contribution is 0.145. The number of hydrogen-bond acceptors (Lipinski definition) is 2. The Kier molecular flexibility index (Phi) is 2.23. The van der Waals surface area contributed by atoms with Gasteiger partial charge in [-0.1, -0.05) is 6.42 Å². The molecule has 2 saturated carbocycles. The van der Waals surface area contributed by atoms with E-state index in [1.165, 1.54) is 12.8 Å². The van der Waals surface area contributed by atoms with Crippen LogP contribution < -0.4 is 0 Å². The Morgan fingerprint density at radius 1 is 1.00 bits per heavy atom. The SMILES string of the molecule is N#CC1CC(C2CCCC2C#N)C1. The normalized spacial score (nSPS) is 43.2. The lowest BCUT2D eigenvalue weighted by Gasteiger charge is -2.36. The Morgan fingerprint density at radius 3 is 2.38 bits per heavy atom. The molecule has 0 N–H and O–H groups in total. The molecule has 0 aromatic carbocycles. The van der Waals surface area contributed by atoms with E-state index >= 15 is 0 Å². The molecule has 2 rings (SSSR count). The van der Waals surface area contributed by atoms with Crippen molar-refractivity contribution in [2.45, 2.75) is 32.1 Å². The molecule has 68 valence electrons. The lowest BCUT2D eigenvalue weighted by atomic mass is 9.66. The molecule has 2 nitrogen and oxygen atoms in total. The zero-order chi connectivity index (χ0) is 9.26. The van der Waals surface area contributed by atoms with Gasteiger partial charge in [-0.25, -0.2) is 0 Å². The molecule has 0 aliphatic heterocycles. The molecule has 2 aliphatic rings. The Balaban J connectivity index is 1.90. The van der Waals surface area contributed by atoms with Crippen molar-refractivity contribution in [2.24, 2.45) is 23.7 Å². The van der Waals surface area contributed by atoms with Gasteiger partial charge < -0.3 is 0 Å². The van der Waals surface area contributed by atoms with Crippen molar-refractivity contribution >= 4 is 0 Å². The molecule has 0 saturated heterocycles. The molecule has 2 fully saturated rings. The minimum absolute atomic E-state index is 0.296. The topological polar surface area (TPSA) is 47.6 Å². The third-order valence-corrected chi connectivity index (χ3v) is 3.70. The highest BCUT2D eigenvalue weighted by molar-refractivity contribution is 5.02. The summed E-state index contributed by atoms with van der Waals surface area (Å²) in [4.78, 5) is 0. The van der Waals surface area contributed by atoms with Crippen LogP contribution in [0.5, 0.6) is 0 Å². The average molecular weight is 174 g/mol. The van der Waals surface area contributed by atoms with Crippen LogP contribution in [0.1, 0.15) is 32.1 Å². The maximum atomic E-state index is 8.91. The molecule has 0 bridgehead atoms. The van der Waals surface area contributed by atoms with Crippen LogP contribution in [0.25, 0.3) is 0 Å². The van der Waals surface area contributed by atoms with Gasteiger partial charge in [0.2, 0.25) is 0 Å². The first-order valence-electron chi connectivity index (χ1n) is 5.14. The van der Waals surface area contributed by atoms with Crippen molar-refractivity contribution in [3.05, 3.63) is 0 Å². The van der Waals surface area contributed by atoms with Crippen LogP contribution in [0.15, 0.2) is 0 Å². The van der Waals surface area contributed by atoms with E-state index in [1.807, 2.05) is 0 Å². The van der Waals surface area contributed by atoms with Gasteiger partial charge in [0, 0.05) is 11.8 Å². The first-order chi connectivity index (χ1) is 6.35. The van der Waals surface area contributed by atoms with Crippen LogP contribution in [0.4, 0.5) is 0 Å². The minimum Gasteiger partial charge on any atom is -0.198 e. The summed E-state index contributed by atoms with van der Waals surface area (Å²) < 4.78 is 0. The molecule has 2 heteroatoms. The summed E-state index contributed by atoms with van der Waals surface area (Å²) in [5.41, 5.74) is 0. The molecule has 0 heterocycles. The van der Waals surface area contributed by atoms with Crippen LogP contribution in [-0.4, -0.2) is 0 Å². The fraction of sp³-hybridized carbons (Fsp3) is 0.818. The largest absolute Gasteiger partial charge is 0.198 e. The van der Waals surface area contributed by atoms with Crippen molar-refractivity contribution in [1.29, 1.82) is 10.5 Å². The van der Waals surface area contributed by atoms with Crippen molar-refractivity contribution in [1.82, 2.24) is 0 Å². The molecule has 0 amide bonds. The highest BCUT2D eigenvalue weighted by atomic mass is 14.5. The second-order valence-corrected chi connectivity index (χ2v) is 4.39. The molecule has 13 heavy (non-hydrogen) atoms. The van der Waals surface area contributed by atoms with E-state index in [1.54, 1.807) is 0 Å². The van der Waals surface area contributed by atoms with Gasteiger partial charge in [-0.2, -0.15) is 10.5 Å². The summed E-state index contributed by atoms with van der Waals surface area (Å²) in [5, 5.41) is 17.6. The number of hydrogen-bond donors (Lipinski definition) is 0. The zero-order valence-corrected chi connectivity index (χ0v) is 7.74. The Labute approximate surface area is 79.2 Å². The number of nitrogens with zero attached hydrogens (tertiary/aromatic N) is 2. The van der Waals surface area contributed by atoms with Crippen molar-refractivity contribution in [3.8, 4) is 12.1 Å². The van der Waals surface area contributed by atoms with Crippen LogP contribution in [0.3, 0.4) is 0 Å². The van der Waals surface area contributed by atoms with E-state index in [9.17, 15) is 0 Å². The van der Waals surface area contributed by atoms with E-state index < -0.39 is 0 Å². The van der Waals surface area contributed by atoms with Crippen molar-refractivity contribution < 1.29 is 0 Å². The van der Waals surface area contributed by atoms with E-state index in [-0.39, 0.29) is 0 Å². The van der Waals surface area contributed by atoms with E-state index in [2.05, 4.69) is 12.1 Å². The summed E-state index contributed by atoms with van der Waals surface area (Å²) in [6, 6.07) is 4.72. The molecule has 0 radical (unpaired) electrons. The first kappa shape index (κ1) is 8.57. The third-order valence-electron chi connectivity index (χ3n) is 3.70. The van der Waals surface area contributed by atoms with Gasteiger partial charge in [-0.15, -0.1) is 0 Å². The monoisotopic (exact) mass is 174 g/mol. The third kappa shape index (κ3) is 1.42. The highest BCUT2D eigenvalue weighted by Crippen LogP contribution is 2.47. The van der Waals surface area contributed by atoms with Crippen LogP contribution in [0.2, 0.25) is 0 Å². The highest BCUT2D eigenvalue weighted by Gasteiger charge is 2.40. The van der Waals surface area contributed by atoms with Gasteiger partial charge >= 0.3 is 0 Å². The summed E-state index contributed by atoms with van der Waals surface area (Å²) in [5.74, 6) is 1.90. The zero-order valence-electron chi connectivity index (χ0n) is 7.74. The Morgan fingerprint density at radius 2 is 1.77 bits per heavy atom. The van der Waals surface area contributed by atoms with Gasteiger partial charge in [-0.3, -0.25) is 0 Å². The lowest BCUT2D eigenvalue weighted by Crippen LogP contribution is -2.30. The summed E-state index contributed by atoms with van der Waals surface area (Å²) in [7, 11) is 0. The maximum absolute atomic E-state index is 8.91. The second-order valence-electron chi connectivity index (χ2n) is 4.39. The van der Waals surface area contributed by atoms with Crippen molar-refractivity contribution in [2.75, 3.05) is 0 Å². The predicted octanol–water partition coefficient (Wildman–Crippen LogP) is 2.48. The van der Waals surface area contributed by atoms with Crippen molar-refractivity contribution in [3.63, 3.8) is 0 Å². The van der Waals surface area contributed by atoms with Gasteiger partial charge in [0.15, 0.2) is 0 Å². The summed E-state index contributed by atoms with van der Waals surface area (Å²) >= 11 is 0. The molecule has 2 atom stereocenters. The standard InChI is InChI=1S/C11H14N2/c12-6-8-4-10(5-8)11-3-1-2-9(11)7-13/h8-11H,1-5H2.